The van der Waals surface area contributed by atoms with E-state index in [2.05, 4.69) is 5.32 Å². The molecule has 0 spiro atoms. The van der Waals surface area contributed by atoms with Gasteiger partial charge in [-0.05, 0) is 48.2 Å². The van der Waals surface area contributed by atoms with Crippen molar-refractivity contribution in [3.8, 4) is 23.0 Å². The molecule has 0 unspecified atom stereocenters. The standard InChI is InChI=1S/C18H17NO5/c20-9-19-14(5-12-1-3-15-17(7-12)23-10-21-15)6-13-2-4-16-18(8-13)24-11-22-16/h1-4,7-9,14H,5-6,10-11H2,(H,19,20). The van der Waals surface area contributed by atoms with E-state index in [1.807, 2.05) is 36.4 Å². The zero-order valence-corrected chi connectivity index (χ0v) is 13.0. The highest BCUT2D eigenvalue weighted by Crippen LogP contribution is 2.34. The van der Waals surface area contributed by atoms with Crippen molar-refractivity contribution in [1.29, 1.82) is 0 Å². The Morgan fingerprint density at radius 1 is 0.833 bits per heavy atom. The van der Waals surface area contributed by atoms with E-state index in [-0.39, 0.29) is 19.6 Å². The van der Waals surface area contributed by atoms with Gasteiger partial charge in [0.1, 0.15) is 0 Å². The number of rotatable bonds is 6. The highest BCUT2D eigenvalue weighted by atomic mass is 16.7. The van der Waals surface area contributed by atoms with E-state index in [4.69, 9.17) is 18.9 Å². The van der Waals surface area contributed by atoms with Crippen LogP contribution < -0.4 is 24.3 Å². The summed E-state index contributed by atoms with van der Waals surface area (Å²) in [6, 6.07) is 11.7. The van der Waals surface area contributed by atoms with Gasteiger partial charge in [0.15, 0.2) is 23.0 Å². The summed E-state index contributed by atoms with van der Waals surface area (Å²) in [7, 11) is 0. The smallest absolute Gasteiger partial charge is 0.231 e. The molecule has 0 fully saturated rings. The lowest BCUT2D eigenvalue weighted by Crippen LogP contribution is -2.32. The molecular formula is C18H17NO5. The first-order valence-corrected chi connectivity index (χ1v) is 7.78. The summed E-state index contributed by atoms with van der Waals surface area (Å²) < 4.78 is 21.5. The lowest BCUT2D eigenvalue weighted by molar-refractivity contribution is -0.110. The topological polar surface area (TPSA) is 66.0 Å². The first kappa shape index (κ1) is 14.7. The second kappa shape index (κ2) is 6.31. The largest absolute Gasteiger partial charge is 0.454 e. The van der Waals surface area contributed by atoms with Gasteiger partial charge in [-0.3, -0.25) is 4.79 Å². The highest BCUT2D eigenvalue weighted by molar-refractivity contribution is 5.49. The number of amides is 1. The minimum atomic E-state index is -0.0248. The molecule has 2 aliphatic rings. The van der Waals surface area contributed by atoms with E-state index < -0.39 is 0 Å². The van der Waals surface area contributed by atoms with Gasteiger partial charge in [-0.25, -0.2) is 0 Å². The number of hydrogen-bond acceptors (Lipinski definition) is 5. The molecule has 1 N–H and O–H groups in total. The Morgan fingerprint density at radius 2 is 1.33 bits per heavy atom. The second-order valence-electron chi connectivity index (χ2n) is 5.76. The van der Waals surface area contributed by atoms with E-state index in [0.717, 1.165) is 40.5 Å². The van der Waals surface area contributed by atoms with Gasteiger partial charge >= 0.3 is 0 Å². The first-order valence-electron chi connectivity index (χ1n) is 7.78. The van der Waals surface area contributed by atoms with Gasteiger partial charge in [0.05, 0.1) is 0 Å². The molecule has 1 amide bonds. The summed E-state index contributed by atoms with van der Waals surface area (Å²) in [6.07, 6.45) is 2.14. The third kappa shape index (κ3) is 2.95. The summed E-state index contributed by atoms with van der Waals surface area (Å²) in [5.41, 5.74) is 2.17. The summed E-state index contributed by atoms with van der Waals surface area (Å²) in [5, 5.41) is 2.89. The van der Waals surface area contributed by atoms with Crippen molar-refractivity contribution >= 4 is 6.41 Å². The molecular weight excluding hydrogens is 310 g/mol. The number of nitrogens with one attached hydrogen (secondary N) is 1. The summed E-state index contributed by atoms with van der Waals surface area (Å²) in [4.78, 5) is 11.0. The fraction of sp³-hybridized carbons (Fsp3) is 0.278. The lowest BCUT2D eigenvalue weighted by atomic mass is 9.98. The number of benzene rings is 2. The van der Waals surface area contributed by atoms with Gasteiger partial charge in [-0.1, -0.05) is 12.1 Å². The molecule has 0 aliphatic carbocycles. The lowest BCUT2D eigenvalue weighted by Gasteiger charge is -2.17. The molecule has 124 valence electrons. The molecule has 0 atom stereocenters. The van der Waals surface area contributed by atoms with E-state index in [0.29, 0.717) is 12.8 Å². The second-order valence-corrected chi connectivity index (χ2v) is 5.76. The third-order valence-corrected chi connectivity index (χ3v) is 4.14. The maximum atomic E-state index is 11.0. The number of ether oxygens (including phenoxy) is 4. The van der Waals surface area contributed by atoms with Crippen molar-refractivity contribution in [2.24, 2.45) is 0 Å². The average molecular weight is 327 g/mol. The SMILES string of the molecule is O=CNC(Cc1ccc2c(c1)OCO2)Cc1ccc2c(c1)OCO2. The van der Waals surface area contributed by atoms with Crippen LogP contribution in [0.4, 0.5) is 0 Å². The molecule has 24 heavy (non-hydrogen) atoms. The van der Waals surface area contributed by atoms with Crippen molar-refractivity contribution in [2.45, 2.75) is 18.9 Å². The Labute approximate surface area is 139 Å². The highest BCUT2D eigenvalue weighted by Gasteiger charge is 2.18. The van der Waals surface area contributed by atoms with Crippen LogP contribution in [0.1, 0.15) is 11.1 Å². The molecule has 4 rings (SSSR count). The Bertz CT molecular complexity index is 702. The monoisotopic (exact) mass is 327 g/mol. The minimum Gasteiger partial charge on any atom is -0.454 e. The van der Waals surface area contributed by atoms with Crippen LogP contribution in [0.5, 0.6) is 23.0 Å². The number of carbonyl (C=O) groups is 1. The zero-order valence-electron chi connectivity index (χ0n) is 13.0. The quantitative estimate of drug-likeness (QED) is 0.823. The van der Waals surface area contributed by atoms with Crippen LogP contribution in [0.15, 0.2) is 36.4 Å². The van der Waals surface area contributed by atoms with Crippen molar-refractivity contribution in [3.63, 3.8) is 0 Å². The normalized spacial score (nSPS) is 14.0. The van der Waals surface area contributed by atoms with Gasteiger partial charge in [0.2, 0.25) is 20.0 Å². The van der Waals surface area contributed by atoms with Crippen LogP contribution in [-0.4, -0.2) is 26.0 Å². The maximum Gasteiger partial charge on any atom is 0.231 e. The van der Waals surface area contributed by atoms with Crippen LogP contribution in [0.25, 0.3) is 0 Å². The summed E-state index contributed by atoms with van der Waals surface area (Å²) >= 11 is 0. The molecule has 2 aliphatic heterocycles. The van der Waals surface area contributed by atoms with Crippen molar-refractivity contribution < 1.29 is 23.7 Å². The molecule has 6 nitrogen and oxygen atoms in total. The molecule has 0 radical (unpaired) electrons. The van der Waals surface area contributed by atoms with Crippen molar-refractivity contribution in [1.82, 2.24) is 5.32 Å². The Balaban J connectivity index is 1.49. The molecule has 2 aromatic rings. The van der Waals surface area contributed by atoms with Crippen LogP contribution in [-0.2, 0) is 17.6 Å². The van der Waals surface area contributed by atoms with Crippen molar-refractivity contribution in [2.75, 3.05) is 13.6 Å². The molecule has 2 aromatic carbocycles. The maximum absolute atomic E-state index is 11.0. The molecule has 6 heteroatoms. The number of carbonyl (C=O) groups excluding carboxylic acids is 1. The summed E-state index contributed by atoms with van der Waals surface area (Å²) in [5.74, 6) is 3.02. The average Bonchev–Trinajstić information content (AvgIpc) is 3.22. The van der Waals surface area contributed by atoms with Gasteiger partial charge in [-0.2, -0.15) is 0 Å². The predicted molar refractivity (Wildman–Crippen MR) is 85.5 cm³/mol. The Kier molecular flexibility index (Phi) is 3.86. The summed E-state index contributed by atoms with van der Waals surface area (Å²) in [6.45, 7) is 0.512. The van der Waals surface area contributed by atoms with E-state index in [9.17, 15) is 4.79 Å². The first-order chi connectivity index (χ1) is 11.8. The van der Waals surface area contributed by atoms with Crippen LogP contribution in [0.2, 0.25) is 0 Å². The van der Waals surface area contributed by atoms with Gasteiger partial charge in [0, 0.05) is 6.04 Å². The predicted octanol–water partition coefficient (Wildman–Crippen LogP) is 2.04. The van der Waals surface area contributed by atoms with Gasteiger partial charge in [-0.15, -0.1) is 0 Å². The number of fused-ring (bicyclic) bond motifs is 2. The molecule has 0 saturated heterocycles. The van der Waals surface area contributed by atoms with Crippen LogP contribution >= 0.6 is 0 Å². The van der Waals surface area contributed by atoms with Crippen LogP contribution in [0.3, 0.4) is 0 Å². The van der Waals surface area contributed by atoms with Gasteiger partial charge in [0.25, 0.3) is 0 Å². The van der Waals surface area contributed by atoms with E-state index in [1.165, 1.54) is 0 Å². The molecule has 0 saturated carbocycles. The fourth-order valence-corrected chi connectivity index (χ4v) is 2.99. The zero-order chi connectivity index (χ0) is 16.4. The van der Waals surface area contributed by atoms with Crippen LogP contribution in [0, 0.1) is 0 Å². The van der Waals surface area contributed by atoms with E-state index in [1.54, 1.807) is 0 Å². The Hall–Kier alpha value is -2.89. The number of hydrogen-bond donors (Lipinski definition) is 1. The molecule has 0 bridgehead atoms. The van der Waals surface area contributed by atoms with Gasteiger partial charge < -0.3 is 24.3 Å². The fourth-order valence-electron chi connectivity index (χ4n) is 2.99. The molecule has 2 heterocycles. The minimum absolute atomic E-state index is 0.0248. The molecule has 0 aromatic heterocycles. The third-order valence-electron chi connectivity index (χ3n) is 4.14. The Morgan fingerprint density at radius 3 is 1.83 bits per heavy atom. The van der Waals surface area contributed by atoms with Crippen molar-refractivity contribution in [3.05, 3.63) is 47.5 Å². The van der Waals surface area contributed by atoms with E-state index >= 15 is 0 Å².